The molecular formula is C6H14N2OS. The molecule has 0 aliphatic heterocycles. The van der Waals surface area contributed by atoms with Gasteiger partial charge in [-0.2, -0.15) is 0 Å². The summed E-state index contributed by atoms with van der Waals surface area (Å²) in [5.41, 5.74) is 5.19. The highest BCUT2D eigenvalue weighted by atomic mass is 32.1. The van der Waals surface area contributed by atoms with Gasteiger partial charge >= 0.3 is 0 Å². The van der Waals surface area contributed by atoms with Crippen molar-refractivity contribution in [3.8, 4) is 0 Å². The minimum absolute atomic E-state index is 0.0572. The number of amides is 1. The number of hydrogen-bond acceptors (Lipinski definition) is 2. The van der Waals surface area contributed by atoms with Crippen molar-refractivity contribution >= 4 is 17.9 Å². The van der Waals surface area contributed by atoms with Gasteiger partial charge in [0.15, 0.2) is 0 Å². The largest absolute Gasteiger partial charge is 0.290 e. The predicted octanol–water partition coefficient (Wildman–Crippen LogP) is 1.32. The summed E-state index contributed by atoms with van der Waals surface area (Å²) in [6.45, 7) is 6.03. The van der Waals surface area contributed by atoms with Crippen molar-refractivity contribution in [2.45, 2.75) is 32.7 Å². The van der Waals surface area contributed by atoms with E-state index >= 15 is 0 Å². The molecule has 0 heterocycles. The Balaban J connectivity index is 3.56. The maximum Gasteiger partial charge on any atom is 0.290 e. The highest BCUT2D eigenvalue weighted by molar-refractivity contribution is 7.96. The van der Waals surface area contributed by atoms with Gasteiger partial charge in [0.1, 0.15) is 0 Å². The number of hydrogen-bond donors (Lipinski definition) is 3. The standard InChI is InChI=1S/C6H14N2OS/c1-4-6(2,3)8-7-5(9)10/h8H,4H2,1-3H3,(H2,7,9,10). The molecule has 60 valence electrons. The molecular weight excluding hydrogens is 148 g/mol. The van der Waals surface area contributed by atoms with E-state index in [1.165, 1.54) is 0 Å². The molecule has 0 saturated heterocycles. The van der Waals surface area contributed by atoms with Crippen molar-refractivity contribution in [1.82, 2.24) is 10.9 Å². The fourth-order valence-corrected chi connectivity index (χ4v) is 0.367. The Morgan fingerprint density at radius 2 is 2.10 bits per heavy atom. The molecule has 0 aliphatic carbocycles. The average Bonchev–Trinajstić information content (AvgIpc) is 1.85. The fourth-order valence-electron chi connectivity index (χ4n) is 0.311. The summed E-state index contributed by atoms with van der Waals surface area (Å²) in [4.78, 5) is 10.3. The number of carbonyl (C=O) groups excluding carboxylic acids is 1. The van der Waals surface area contributed by atoms with Crippen LogP contribution in [0.2, 0.25) is 0 Å². The van der Waals surface area contributed by atoms with Crippen LogP contribution in [0, 0.1) is 0 Å². The maximum atomic E-state index is 10.3. The number of carbonyl (C=O) groups is 1. The first kappa shape index (κ1) is 9.78. The van der Waals surface area contributed by atoms with E-state index in [0.717, 1.165) is 6.42 Å². The van der Waals surface area contributed by atoms with Crippen molar-refractivity contribution in [2.24, 2.45) is 0 Å². The third-order valence-corrected chi connectivity index (χ3v) is 1.50. The van der Waals surface area contributed by atoms with Gasteiger partial charge in [0.25, 0.3) is 5.24 Å². The molecule has 0 aromatic rings. The van der Waals surface area contributed by atoms with E-state index < -0.39 is 0 Å². The highest BCUT2D eigenvalue weighted by Crippen LogP contribution is 2.04. The first-order valence-corrected chi connectivity index (χ1v) is 3.69. The number of nitrogens with one attached hydrogen (secondary N) is 2. The third-order valence-electron chi connectivity index (χ3n) is 1.39. The van der Waals surface area contributed by atoms with E-state index in [2.05, 4.69) is 23.5 Å². The zero-order chi connectivity index (χ0) is 8.20. The van der Waals surface area contributed by atoms with E-state index in [4.69, 9.17) is 0 Å². The molecule has 0 aromatic carbocycles. The summed E-state index contributed by atoms with van der Waals surface area (Å²) in [5.74, 6) is 0. The molecule has 0 unspecified atom stereocenters. The Bertz CT molecular complexity index is 125. The lowest BCUT2D eigenvalue weighted by Crippen LogP contribution is -2.48. The molecule has 3 nitrogen and oxygen atoms in total. The van der Waals surface area contributed by atoms with E-state index in [1.54, 1.807) is 0 Å². The van der Waals surface area contributed by atoms with E-state index in [1.807, 2.05) is 20.8 Å². The number of hydrazine groups is 1. The zero-order valence-corrected chi connectivity index (χ0v) is 7.46. The fraction of sp³-hybridized carbons (Fsp3) is 0.833. The van der Waals surface area contributed by atoms with Crippen molar-refractivity contribution < 1.29 is 4.79 Å². The zero-order valence-electron chi connectivity index (χ0n) is 6.56. The summed E-state index contributed by atoms with van der Waals surface area (Å²) in [6.07, 6.45) is 0.945. The minimum Gasteiger partial charge on any atom is -0.282 e. The molecule has 0 bridgehead atoms. The summed E-state index contributed by atoms with van der Waals surface area (Å²) >= 11 is 3.54. The monoisotopic (exact) mass is 162 g/mol. The van der Waals surface area contributed by atoms with Crippen LogP contribution in [0.25, 0.3) is 0 Å². The van der Waals surface area contributed by atoms with Gasteiger partial charge < -0.3 is 0 Å². The number of thiol groups is 1. The van der Waals surface area contributed by atoms with Crippen LogP contribution in [-0.2, 0) is 0 Å². The maximum absolute atomic E-state index is 10.3. The van der Waals surface area contributed by atoms with Crippen molar-refractivity contribution in [2.75, 3.05) is 0 Å². The van der Waals surface area contributed by atoms with Crippen LogP contribution in [0.15, 0.2) is 0 Å². The summed E-state index contributed by atoms with van der Waals surface area (Å²) < 4.78 is 0. The first-order chi connectivity index (χ1) is 4.48. The SMILES string of the molecule is CCC(C)(C)NNC(=O)S. The molecule has 0 fully saturated rings. The molecule has 1 amide bonds. The quantitative estimate of drug-likeness (QED) is 0.433. The Hall–Kier alpha value is -0.220. The molecule has 0 saturated carbocycles. The van der Waals surface area contributed by atoms with Crippen molar-refractivity contribution in [3.63, 3.8) is 0 Å². The third kappa shape index (κ3) is 4.64. The summed E-state index contributed by atoms with van der Waals surface area (Å²) in [6, 6.07) is 0. The lowest BCUT2D eigenvalue weighted by Gasteiger charge is -2.23. The van der Waals surface area contributed by atoms with Crippen molar-refractivity contribution in [1.29, 1.82) is 0 Å². The van der Waals surface area contributed by atoms with E-state index in [0.29, 0.717) is 0 Å². The van der Waals surface area contributed by atoms with Gasteiger partial charge in [-0.1, -0.05) is 19.6 Å². The second-order valence-corrected chi connectivity index (χ2v) is 3.20. The van der Waals surface area contributed by atoms with Crippen molar-refractivity contribution in [3.05, 3.63) is 0 Å². The van der Waals surface area contributed by atoms with Gasteiger partial charge in [0.05, 0.1) is 0 Å². The second kappa shape index (κ2) is 3.83. The highest BCUT2D eigenvalue weighted by Gasteiger charge is 2.13. The molecule has 0 radical (unpaired) electrons. The topological polar surface area (TPSA) is 41.1 Å². The number of rotatable bonds is 3. The molecule has 0 aromatic heterocycles. The summed E-state index contributed by atoms with van der Waals surface area (Å²) in [5, 5.41) is -0.360. The second-order valence-electron chi connectivity index (χ2n) is 2.79. The van der Waals surface area contributed by atoms with Gasteiger partial charge in [-0.15, -0.1) is 0 Å². The van der Waals surface area contributed by atoms with Gasteiger partial charge in [-0.25, -0.2) is 5.43 Å². The molecule has 10 heavy (non-hydrogen) atoms. The predicted molar refractivity (Wildman–Crippen MR) is 45.0 cm³/mol. The lowest BCUT2D eigenvalue weighted by atomic mass is 10.0. The molecule has 0 aliphatic rings. The van der Waals surface area contributed by atoms with Crippen LogP contribution >= 0.6 is 12.6 Å². The molecule has 0 atom stereocenters. The van der Waals surface area contributed by atoms with E-state index in [-0.39, 0.29) is 10.8 Å². The van der Waals surface area contributed by atoms with Crippen LogP contribution in [0.3, 0.4) is 0 Å². The molecule has 4 heteroatoms. The lowest BCUT2D eigenvalue weighted by molar-refractivity contribution is 0.247. The molecule has 0 spiro atoms. The summed E-state index contributed by atoms with van der Waals surface area (Å²) in [7, 11) is 0. The van der Waals surface area contributed by atoms with Gasteiger partial charge in [0, 0.05) is 5.54 Å². The van der Waals surface area contributed by atoms with Crippen LogP contribution < -0.4 is 10.9 Å². The Morgan fingerprint density at radius 3 is 2.40 bits per heavy atom. The van der Waals surface area contributed by atoms with E-state index in [9.17, 15) is 4.79 Å². The van der Waals surface area contributed by atoms with Crippen LogP contribution in [0.4, 0.5) is 4.79 Å². The van der Waals surface area contributed by atoms with Gasteiger partial charge in [-0.3, -0.25) is 10.2 Å². The molecule has 0 rings (SSSR count). The average molecular weight is 162 g/mol. The van der Waals surface area contributed by atoms with Crippen LogP contribution in [0.5, 0.6) is 0 Å². The smallest absolute Gasteiger partial charge is 0.282 e. The van der Waals surface area contributed by atoms with Crippen LogP contribution in [-0.4, -0.2) is 10.8 Å². The Morgan fingerprint density at radius 1 is 1.60 bits per heavy atom. The van der Waals surface area contributed by atoms with Gasteiger partial charge in [-0.05, 0) is 20.3 Å². The normalized spacial score (nSPS) is 11.2. The van der Waals surface area contributed by atoms with Gasteiger partial charge in [0.2, 0.25) is 0 Å². The Labute approximate surface area is 67.0 Å². The Kier molecular flexibility index (Phi) is 3.75. The first-order valence-electron chi connectivity index (χ1n) is 3.24. The minimum atomic E-state index is -0.360. The molecule has 2 N–H and O–H groups in total. The van der Waals surface area contributed by atoms with Crippen LogP contribution in [0.1, 0.15) is 27.2 Å².